The number of methoxy groups -OCH3 is 1. The standard InChI is InChI=1S/C20H15ClFN5OS/c1-28-19-17(8-13(21)10-24-19)29-27-16-4-2-3-14(18(16)22)11-5-6-15-12(7-11)9-25-20(23)26-15/h2-10,27H,1H3,(H2,23,25,26). The highest BCUT2D eigenvalue weighted by Gasteiger charge is 2.13. The number of benzene rings is 2. The Morgan fingerprint density at radius 3 is 2.83 bits per heavy atom. The van der Waals surface area contributed by atoms with Gasteiger partial charge in [0.05, 0.1) is 28.2 Å². The highest BCUT2D eigenvalue weighted by Crippen LogP contribution is 2.34. The number of hydrogen-bond donors (Lipinski definition) is 2. The van der Waals surface area contributed by atoms with Crippen molar-refractivity contribution in [2.75, 3.05) is 17.6 Å². The second-order valence-corrected chi connectivity index (χ2v) is 7.32. The third kappa shape index (κ3) is 4.03. The number of halogens is 2. The molecule has 0 aliphatic carbocycles. The van der Waals surface area contributed by atoms with E-state index in [1.165, 1.54) is 25.3 Å². The molecular weight excluding hydrogens is 413 g/mol. The molecule has 2 aromatic carbocycles. The lowest BCUT2D eigenvalue weighted by Crippen LogP contribution is -1.97. The first-order valence-corrected chi connectivity index (χ1v) is 9.68. The molecule has 29 heavy (non-hydrogen) atoms. The Labute approximate surface area is 175 Å². The van der Waals surface area contributed by atoms with Crippen LogP contribution in [0.5, 0.6) is 5.88 Å². The predicted octanol–water partition coefficient (Wildman–Crippen LogP) is 5.19. The summed E-state index contributed by atoms with van der Waals surface area (Å²) in [5, 5.41) is 1.24. The van der Waals surface area contributed by atoms with Gasteiger partial charge < -0.3 is 15.2 Å². The largest absolute Gasteiger partial charge is 0.480 e. The van der Waals surface area contributed by atoms with E-state index in [2.05, 4.69) is 19.7 Å². The van der Waals surface area contributed by atoms with Gasteiger partial charge in [0.2, 0.25) is 11.8 Å². The van der Waals surface area contributed by atoms with Gasteiger partial charge in [-0.15, -0.1) is 0 Å². The lowest BCUT2D eigenvalue weighted by Gasteiger charge is -2.12. The van der Waals surface area contributed by atoms with Gasteiger partial charge in [0, 0.05) is 23.3 Å². The van der Waals surface area contributed by atoms with Gasteiger partial charge in [-0.1, -0.05) is 29.8 Å². The van der Waals surface area contributed by atoms with E-state index in [1.807, 2.05) is 6.07 Å². The number of anilines is 2. The average molecular weight is 428 g/mol. The van der Waals surface area contributed by atoms with Crippen LogP contribution < -0.4 is 15.2 Å². The minimum atomic E-state index is -0.385. The van der Waals surface area contributed by atoms with Crippen LogP contribution in [-0.4, -0.2) is 22.1 Å². The smallest absolute Gasteiger partial charge is 0.228 e. The Kier molecular flexibility index (Phi) is 5.37. The summed E-state index contributed by atoms with van der Waals surface area (Å²) >= 11 is 7.16. The first kappa shape index (κ1) is 19.2. The first-order chi connectivity index (χ1) is 14.0. The number of nitrogens with zero attached hydrogens (tertiary/aromatic N) is 3. The number of nitrogens with two attached hydrogens (primary N) is 1. The van der Waals surface area contributed by atoms with E-state index in [0.29, 0.717) is 38.1 Å². The van der Waals surface area contributed by atoms with Crippen LogP contribution in [0, 0.1) is 5.82 Å². The first-order valence-electron chi connectivity index (χ1n) is 8.48. The number of hydrogen-bond acceptors (Lipinski definition) is 7. The molecule has 2 heterocycles. The molecule has 0 bridgehead atoms. The van der Waals surface area contributed by atoms with Gasteiger partial charge in [-0.05, 0) is 41.8 Å². The van der Waals surface area contributed by atoms with Crippen molar-refractivity contribution in [1.82, 2.24) is 15.0 Å². The highest BCUT2D eigenvalue weighted by molar-refractivity contribution is 8.00. The van der Waals surface area contributed by atoms with Crippen molar-refractivity contribution in [2.45, 2.75) is 4.90 Å². The molecule has 2 aromatic heterocycles. The fraction of sp³-hybridized carbons (Fsp3) is 0.0500. The Hall–Kier alpha value is -3.10. The molecule has 0 atom stereocenters. The molecule has 0 saturated carbocycles. The van der Waals surface area contributed by atoms with E-state index in [1.54, 1.807) is 42.6 Å². The molecular formula is C20H15ClFN5OS. The zero-order valence-electron chi connectivity index (χ0n) is 15.2. The molecule has 0 aliphatic heterocycles. The molecule has 0 unspecified atom stereocenters. The number of nitrogens with one attached hydrogen (secondary N) is 1. The normalized spacial score (nSPS) is 10.9. The molecule has 9 heteroatoms. The summed E-state index contributed by atoms with van der Waals surface area (Å²) in [5.41, 5.74) is 7.79. The quantitative estimate of drug-likeness (QED) is 0.423. The third-order valence-electron chi connectivity index (χ3n) is 4.16. The number of nitrogen functional groups attached to an aromatic ring is 1. The van der Waals surface area contributed by atoms with Crippen LogP contribution in [0.2, 0.25) is 5.02 Å². The van der Waals surface area contributed by atoms with E-state index >= 15 is 4.39 Å². The van der Waals surface area contributed by atoms with Crippen LogP contribution in [-0.2, 0) is 0 Å². The maximum atomic E-state index is 15.2. The van der Waals surface area contributed by atoms with Crippen LogP contribution in [0.25, 0.3) is 22.0 Å². The molecule has 6 nitrogen and oxygen atoms in total. The average Bonchev–Trinajstić information content (AvgIpc) is 2.73. The summed E-state index contributed by atoms with van der Waals surface area (Å²) in [6, 6.07) is 12.3. The molecule has 0 radical (unpaired) electrons. The molecule has 0 saturated heterocycles. The maximum absolute atomic E-state index is 15.2. The molecule has 146 valence electrons. The molecule has 0 spiro atoms. The van der Waals surface area contributed by atoms with Gasteiger partial charge in [-0.2, -0.15) is 0 Å². The van der Waals surface area contributed by atoms with Crippen LogP contribution in [0.3, 0.4) is 0 Å². The van der Waals surface area contributed by atoms with E-state index in [-0.39, 0.29) is 11.8 Å². The van der Waals surface area contributed by atoms with Gasteiger partial charge in [0.25, 0.3) is 0 Å². The second-order valence-electron chi connectivity index (χ2n) is 6.03. The van der Waals surface area contributed by atoms with Crippen LogP contribution in [0.15, 0.2) is 59.8 Å². The van der Waals surface area contributed by atoms with E-state index in [4.69, 9.17) is 22.1 Å². The van der Waals surface area contributed by atoms with Crippen LogP contribution in [0.1, 0.15) is 0 Å². The highest BCUT2D eigenvalue weighted by atomic mass is 35.5. The Bertz CT molecular complexity index is 1210. The van der Waals surface area contributed by atoms with Crippen molar-refractivity contribution in [3.05, 3.63) is 65.7 Å². The van der Waals surface area contributed by atoms with E-state index in [0.717, 1.165) is 5.39 Å². The second kappa shape index (κ2) is 8.10. The summed E-state index contributed by atoms with van der Waals surface area (Å²) in [6.07, 6.45) is 3.11. The van der Waals surface area contributed by atoms with E-state index < -0.39 is 0 Å². The zero-order valence-corrected chi connectivity index (χ0v) is 16.8. The number of rotatable bonds is 5. The predicted molar refractivity (Wildman–Crippen MR) is 115 cm³/mol. The fourth-order valence-electron chi connectivity index (χ4n) is 2.79. The zero-order chi connectivity index (χ0) is 20.4. The molecule has 0 aliphatic rings. The topological polar surface area (TPSA) is 86.0 Å². The van der Waals surface area contributed by atoms with Crippen molar-refractivity contribution in [3.8, 4) is 17.0 Å². The van der Waals surface area contributed by atoms with Crippen molar-refractivity contribution >= 4 is 46.1 Å². The van der Waals surface area contributed by atoms with E-state index in [9.17, 15) is 0 Å². The number of aromatic nitrogens is 3. The molecule has 4 aromatic rings. The Balaban J connectivity index is 1.64. The van der Waals surface area contributed by atoms with Crippen molar-refractivity contribution in [3.63, 3.8) is 0 Å². The summed E-state index contributed by atoms with van der Waals surface area (Å²) in [4.78, 5) is 12.9. The summed E-state index contributed by atoms with van der Waals surface area (Å²) in [7, 11) is 1.51. The van der Waals surface area contributed by atoms with Crippen molar-refractivity contribution in [1.29, 1.82) is 0 Å². The molecule has 0 amide bonds. The van der Waals surface area contributed by atoms with Gasteiger partial charge in [0.1, 0.15) is 0 Å². The van der Waals surface area contributed by atoms with Gasteiger partial charge in [-0.3, -0.25) is 0 Å². The summed E-state index contributed by atoms with van der Waals surface area (Å²) in [5.74, 6) is 0.215. The number of pyridine rings is 1. The fourth-order valence-corrected chi connectivity index (χ4v) is 3.80. The van der Waals surface area contributed by atoms with Crippen LogP contribution in [0.4, 0.5) is 16.0 Å². The van der Waals surface area contributed by atoms with Crippen molar-refractivity contribution < 1.29 is 9.13 Å². The number of fused-ring (bicyclic) bond motifs is 1. The lowest BCUT2D eigenvalue weighted by atomic mass is 10.0. The minimum absolute atomic E-state index is 0.200. The monoisotopic (exact) mass is 427 g/mol. The number of ether oxygens (including phenoxy) is 1. The minimum Gasteiger partial charge on any atom is -0.480 e. The Morgan fingerprint density at radius 1 is 1.14 bits per heavy atom. The molecule has 3 N–H and O–H groups in total. The molecule has 0 fully saturated rings. The van der Waals surface area contributed by atoms with Crippen LogP contribution >= 0.6 is 23.5 Å². The van der Waals surface area contributed by atoms with Gasteiger partial charge in [-0.25, -0.2) is 19.3 Å². The van der Waals surface area contributed by atoms with Gasteiger partial charge >= 0.3 is 0 Å². The van der Waals surface area contributed by atoms with Crippen molar-refractivity contribution in [2.24, 2.45) is 0 Å². The summed E-state index contributed by atoms with van der Waals surface area (Å²) in [6.45, 7) is 0. The lowest BCUT2D eigenvalue weighted by molar-refractivity contribution is 0.387. The Morgan fingerprint density at radius 2 is 2.00 bits per heavy atom. The SMILES string of the molecule is COc1ncc(Cl)cc1SNc1cccc(-c2ccc3nc(N)ncc3c2)c1F. The van der Waals surface area contributed by atoms with Gasteiger partial charge in [0.15, 0.2) is 5.82 Å². The summed E-state index contributed by atoms with van der Waals surface area (Å²) < 4.78 is 23.4. The third-order valence-corrected chi connectivity index (χ3v) is 5.20. The maximum Gasteiger partial charge on any atom is 0.228 e. The molecule has 4 rings (SSSR count).